The van der Waals surface area contributed by atoms with Gasteiger partial charge in [0.1, 0.15) is 5.75 Å². The number of halogens is 4. The summed E-state index contributed by atoms with van der Waals surface area (Å²) in [5.74, 6) is 2.10. The first-order valence-corrected chi connectivity index (χ1v) is 8.19. The van der Waals surface area contributed by atoms with E-state index >= 15 is 0 Å². The topological polar surface area (TPSA) is 17.1 Å². The van der Waals surface area contributed by atoms with Gasteiger partial charge < -0.3 is 17.3 Å². The first-order valence-electron chi connectivity index (χ1n) is 5.82. The fourth-order valence-corrected chi connectivity index (χ4v) is 4.80. The second-order valence-corrected chi connectivity index (χ2v) is 7.43. The normalized spacial score (nSPS) is 18.4. The van der Waals surface area contributed by atoms with E-state index in [1.807, 2.05) is 24.3 Å². The van der Waals surface area contributed by atoms with Gasteiger partial charge in [0.05, 0.1) is 0 Å². The third kappa shape index (κ3) is 7.05. The molecule has 0 saturated carbocycles. The largest absolute Gasteiger partial charge is 0.673 e. The second kappa shape index (κ2) is 7.78. The molecule has 1 aromatic carbocycles. The number of hydrogen-bond acceptors (Lipinski definition) is 2. The van der Waals surface area contributed by atoms with Gasteiger partial charge in [0.25, 0.3) is 0 Å². The van der Waals surface area contributed by atoms with Crippen LogP contribution in [-0.2, 0) is 15.7 Å². The Morgan fingerprint density at radius 2 is 1.75 bits per heavy atom. The van der Waals surface area contributed by atoms with Crippen molar-refractivity contribution in [2.75, 3.05) is 11.5 Å². The number of thioether (sulfide) groups is 1. The van der Waals surface area contributed by atoms with Crippen molar-refractivity contribution in [1.29, 1.82) is 0 Å². The summed E-state index contributed by atoms with van der Waals surface area (Å²) < 4.78 is 40.3. The highest BCUT2D eigenvalue weighted by atomic mass is 32.2. The fourth-order valence-electron chi connectivity index (χ4n) is 1.44. The van der Waals surface area contributed by atoms with Gasteiger partial charge in [-0.15, -0.1) is 0 Å². The molecule has 1 atom stereocenters. The van der Waals surface area contributed by atoms with Crippen LogP contribution in [0.1, 0.15) is 6.92 Å². The molecule has 0 spiro atoms. The minimum absolute atomic E-state index is 0.172. The van der Waals surface area contributed by atoms with Crippen LogP contribution in [0.4, 0.5) is 17.3 Å². The molecule has 1 nitrogen and oxygen atoms in total. The lowest BCUT2D eigenvalue weighted by atomic mass is 10.3. The maximum absolute atomic E-state index is 11.3. The van der Waals surface area contributed by atoms with Gasteiger partial charge in [0, 0.05) is 21.9 Å². The van der Waals surface area contributed by atoms with E-state index in [1.54, 1.807) is 11.8 Å². The molecular weight excluding hydrogens is 311 g/mol. The highest BCUT2D eigenvalue weighted by Crippen LogP contribution is 2.35. The summed E-state index contributed by atoms with van der Waals surface area (Å²) in [5.41, 5.74) is 0. The van der Waals surface area contributed by atoms with E-state index in [-0.39, 0.29) is 10.9 Å². The van der Waals surface area contributed by atoms with Crippen molar-refractivity contribution in [2.24, 2.45) is 0 Å². The van der Waals surface area contributed by atoms with E-state index in [0.717, 1.165) is 11.5 Å². The Morgan fingerprint density at radius 1 is 1.20 bits per heavy atom. The van der Waals surface area contributed by atoms with Gasteiger partial charge in [-0.05, 0) is 30.8 Å². The lowest BCUT2D eigenvalue weighted by Crippen LogP contribution is -2.09. The van der Waals surface area contributed by atoms with Crippen molar-refractivity contribution in [3.8, 4) is 0 Å². The molecule has 0 aromatic heterocycles. The first kappa shape index (κ1) is 17.2. The quantitative estimate of drug-likeness (QED) is 0.472. The maximum atomic E-state index is 11.3. The number of carbonyl (C=O) groups excluding carboxylic acids is 1. The molecule has 0 radical (unpaired) electrons. The van der Waals surface area contributed by atoms with Gasteiger partial charge in [0.15, 0.2) is 9.99 Å². The van der Waals surface area contributed by atoms with Crippen LogP contribution in [0.25, 0.3) is 0 Å². The van der Waals surface area contributed by atoms with Gasteiger partial charge in [-0.2, -0.15) is 0 Å². The van der Waals surface area contributed by atoms with Crippen LogP contribution in [-0.4, -0.2) is 24.5 Å². The molecule has 0 amide bonds. The van der Waals surface area contributed by atoms with Crippen LogP contribution >= 0.6 is 11.8 Å². The summed E-state index contributed by atoms with van der Waals surface area (Å²) in [6.45, 7) is 2.15. The Bertz CT molecular complexity index is 470. The second-order valence-electron chi connectivity index (χ2n) is 3.77. The molecular formula is C12H13BF4OS2. The van der Waals surface area contributed by atoms with Crippen LogP contribution < -0.4 is 0 Å². The van der Waals surface area contributed by atoms with E-state index in [0.29, 0.717) is 5.78 Å². The molecule has 2 rings (SSSR count). The third-order valence-corrected chi connectivity index (χ3v) is 5.99. The summed E-state index contributed by atoms with van der Waals surface area (Å²) in [4.78, 5) is 12.6. The minimum Gasteiger partial charge on any atom is -0.418 e. The molecule has 1 aliphatic heterocycles. The predicted molar refractivity (Wildman–Crippen MR) is 78.3 cm³/mol. The highest BCUT2D eigenvalue weighted by Gasteiger charge is 2.33. The van der Waals surface area contributed by atoms with Crippen molar-refractivity contribution in [1.82, 2.24) is 0 Å². The lowest BCUT2D eigenvalue weighted by molar-refractivity contribution is -0.112. The van der Waals surface area contributed by atoms with Crippen molar-refractivity contribution in [2.45, 2.75) is 11.8 Å². The highest BCUT2D eigenvalue weighted by molar-refractivity contribution is 8.21. The standard InChI is InChI=1S/C12H13OS2.BF4/c1-2-15-9-10(13)8-12(15)14-11-6-4-3-5-7-11;2-1(3,4)5/h3-8H,2,9H2,1H3;/q+1;-1. The smallest absolute Gasteiger partial charge is 0.418 e. The van der Waals surface area contributed by atoms with Gasteiger partial charge in [-0.25, -0.2) is 0 Å². The number of carbonyl (C=O) groups is 1. The van der Waals surface area contributed by atoms with E-state index < -0.39 is 7.25 Å². The predicted octanol–water partition coefficient (Wildman–Crippen LogP) is 4.14. The van der Waals surface area contributed by atoms with Crippen molar-refractivity contribution >= 4 is 35.7 Å². The Kier molecular flexibility index (Phi) is 6.68. The molecule has 1 aliphatic rings. The van der Waals surface area contributed by atoms with Crippen LogP contribution in [0.2, 0.25) is 0 Å². The van der Waals surface area contributed by atoms with Crippen LogP contribution in [0.3, 0.4) is 0 Å². The zero-order valence-corrected chi connectivity index (χ0v) is 12.3. The number of hydrogen-bond donors (Lipinski definition) is 0. The molecule has 0 aliphatic carbocycles. The monoisotopic (exact) mass is 324 g/mol. The Morgan fingerprint density at radius 3 is 2.25 bits per heavy atom. The Labute approximate surface area is 122 Å². The Hall–Kier alpha value is -0.885. The molecule has 110 valence electrons. The van der Waals surface area contributed by atoms with E-state index in [2.05, 4.69) is 19.1 Å². The van der Waals surface area contributed by atoms with Crippen molar-refractivity contribution in [3.63, 3.8) is 0 Å². The molecule has 20 heavy (non-hydrogen) atoms. The van der Waals surface area contributed by atoms with Crippen molar-refractivity contribution < 1.29 is 22.1 Å². The molecule has 1 aromatic rings. The molecule has 0 fully saturated rings. The number of benzene rings is 1. The summed E-state index contributed by atoms with van der Waals surface area (Å²) >= 11 is 1.74. The molecule has 0 N–H and O–H groups in total. The van der Waals surface area contributed by atoms with Gasteiger partial charge >= 0.3 is 7.25 Å². The van der Waals surface area contributed by atoms with E-state index in [9.17, 15) is 22.1 Å². The summed E-state index contributed by atoms with van der Waals surface area (Å²) in [6, 6.07) is 10.3. The van der Waals surface area contributed by atoms with E-state index in [4.69, 9.17) is 0 Å². The van der Waals surface area contributed by atoms with Crippen molar-refractivity contribution in [3.05, 3.63) is 40.6 Å². The number of rotatable bonds is 3. The molecule has 1 unspecified atom stereocenters. The zero-order chi connectivity index (χ0) is 15.2. The van der Waals surface area contributed by atoms with Crippen LogP contribution in [0.15, 0.2) is 45.5 Å². The average molecular weight is 324 g/mol. The van der Waals surface area contributed by atoms with Crippen LogP contribution in [0, 0.1) is 0 Å². The number of allylic oxidation sites excluding steroid dienone is 1. The molecule has 0 saturated heterocycles. The third-order valence-electron chi connectivity index (χ3n) is 2.19. The SMILES string of the molecule is CC[S+]1CC(=O)C=C1Sc1ccccc1.F[B-](F)(F)F. The fraction of sp³-hybridized carbons (Fsp3) is 0.250. The number of ketones is 1. The first-order chi connectivity index (χ1) is 9.29. The minimum atomic E-state index is -6.00. The lowest BCUT2D eigenvalue weighted by Gasteiger charge is -2.01. The summed E-state index contributed by atoms with van der Waals surface area (Å²) in [5, 5.41) is 0. The van der Waals surface area contributed by atoms with Gasteiger partial charge in [0.2, 0.25) is 5.78 Å². The summed E-state index contributed by atoms with van der Waals surface area (Å²) in [7, 11) is -5.83. The van der Waals surface area contributed by atoms with Crippen LogP contribution in [0.5, 0.6) is 0 Å². The molecule has 0 bridgehead atoms. The van der Waals surface area contributed by atoms with Gasteiger partial charge in [-0.1, -0.05) is 18.2 Å². The average Bonchev–Trinajstić information content (AvgIpc) is 2.68. The molecule has 8 heteroatoms. The Balaban J connectivity index is 0.000000347. The zero-order valence-electron chi connectivity index (χ0n) is 10.7. The molecule has 1 heterocycles. The summed E-state index contributed by atoms with van der Waals surface area (Å²) in [6.07, 6.45) is 1.82. The van der Waals surface area contributed by atoms with Gasteiger partial charge in [-0.3, -0.25) is 4.79 Å². The maximum Gasteiger partial charge on any atom is 0.673 e. The van der Waals surface area contributed by atoms with E-state index in [1.165, 1.54) is 9.13 Å².